The van der Waals surface area contributed by atoms with Crippen molar-refractivity contribution in [1.29, 1.82) is 0 Å². The van der Waals surface area contributed by atoms with Crippen LogP contribution >= 0.6 is 0 Å². The van der Waals surface area contributed by atoms with Gasteiger partial charge in [-0.3, -0.25) is 4.79 Å². The fourth-order valence-electron chi connectivity index (χ4n) is 1.26. The van der Waals surface area contributed by atoms with E-state index in [9.17, 15) is 4.79 Å². The first-order valence-corrected chi connectivity index (χ1v) is 5.67. The van der Waals surface area contributed by atoms with Crippen LogP contribution in [0.15, 0.2) is 30.3 Å². The normalized spacial score (nSPS) is 11.2. The molecule has 2 nitrogen and oxygen atoms in total. The molecule has 0 radical (unpaired) electrons. The van der Waals surface area contributed by atoms with Crippen molar-refractivity contribution in [1.82, 2.24) is 0 Å². The van der Waals surface area contributed by atoms with Gasteiger partial charge in [0.25, 0.3) is 0 Å². The van der Waals surface area contributed by atoms with Gasteiger partial charge in [-0.05, 0) is 17.4 Å². The highest BCUT2D eigenvalue weighted by molar-refractivity contribution is 5.69. The maximum absolute atomic E-state index is 11.4. The Morgan fingerprint density at radius 3 is 2.38 bits per heavy atom. The van der Waals surface area contributed by atoms with Gasteiger partial charge >= 0.3 is 5.97 Å². The largest absolute Gasteiger partial charge is 0.465 e. The van der Waals surface area contributed by atoms with Gasteiger partial charge in [0.1, 0.15) is 0 Å². The molecule has 0 spiro atoms. The molecule has 16 heavy (non-hydrogen) atoms. The third-order valence-corrected chi connectivity index (χ3v) is 2.13. The van der Waals surface area contributed by atoms with E-state index in [2.05, 4.69) is 20.8 Å². The fourth-order valence-corrected chi connectivity index (χ4v) is 1.26. The summed E-state index contributed by atoms with van der Waals surface area (Å²) in [5.41, 5.74) is 1.22. The van der Waals surface area contributed by atoms with Gasteiger partial charge in [0, 0.05) is 6.42 Å². The monoisotopic (exact) mass is 220 g/mol. The Morgan fingerprint density at radius 1 is 1.19 bits per heavy atom. The van der Waals surface area contributed by atoms with Gasteiger partial charge in [0.15, 0.2) is 0 Å². The molecular weight excluding hydrogens is 200 g/mol. The van der Waals surface area contributed by atoms with Crippen LogP contribution < -0.4 is 0 Å². The summed E-state index contributed by atoms with van der Waals surface area (Å²) >= 11 is 0. The third-order valence-electron chi connectivity index (χ3n) is 2.13. The van der Waals surface area contributed by atoms with Gasteiger partial charge < -0.3 is 4.74 Å². The van der Waals surface area contributed by atoms with Crippen molar-refractivity contribution in [3.8, 4) is 0 Å². The van der Waals surface area contributed by atoms with Gasteiger partial charge in [-0.15, -0.1) is 0 Å². The van der Waals surface area contributed by atoms with Gasteiger partial charge in [0.05, 0.1) is 6.61 Å². The average molecular weight is 220 g/mol. The molecule has 0 aromatic heterocycles. The molecule has 0 amide bonds. The predicted molar refractivity (Wildman–Crippen MR) is 65.2 cm³/mol. The predicted octanol–water partition coefficient (Wildman–Crippen LogP) is 3.21. The number of hydrogen-bond donors (Lipinski definition) is 0. The topological polar surface area (TPSA) is 26.3 Å². The maximum Gasteiger partial charge on any atom is 0.306 e. The lowest BCUT2D eigenvalue weighted by molar-refractivity contribution is -0.146. The summed E-state index contributed by atoms with van der Waals surface area (Å²) in [5.74, 6) is -0.112. The standard InChI is InChI=1S/C14H20O2/c1-14(2,3)11-16-13(15)10-9-12-7-5-4-6-8-12/h4-8H,9-11H2,1-3H3. The average Bonchev–Trinajstić information content (AvgIpc) is 2.24. The van der Waals surface area contributed by atoms with E-state index in [1.807, 2.05) is 30.3 Å². The Hall–Kier alpha value is -1.31. The third kappa shape index (κ3) is 5.54. The first kappa shape index (κ1) is 12.8. The second kappa shape index (κ2) is 5.69. The summed E-state index contributed by atoms with van der Waals surface area (Å²) in [7, 11) is 0. The minimum Gasteiger partial charge on any atom is -0.465 e. The summed E-state index contributed by atoms with van der Waals surface area (Å²) in [5, 5.41) is 0. The van der Waals surface area contributed by atoms with E-state index in [-0.39, 0.29) is 11.4 Å². The van der Waals surface area contributed by atoms with Crippen molar-refractivity contribution < 1.29 is 9.53 Å². The number of aryl methyl sites for hydroxylation is 1. The van der Waals surface area contributed by atoms with Crippen LogP contribution in [0, 0.1) is 5.41 Å². The molecule has 0 saturated heterocycles. The molecule has 0 atom stereocenters. The molecule has 0 N–H and O–H groups in total. The number of carbonyl (C=O) groups is 1. The zero-order valence-electron chi connectivity index (χ0n) is 10.3. The van der Waals surface area contributed by atoms with Crippen molar-refractivity contribution in [3.05, 3.63) is 35.9 Å². The van der Waals surface area contributed by atoms with E-state index in [1.165, 1.54) is 5.56 Å². The summed E-state index contributed by atoms with van der Waals surface area (Å²) in [4.78, 5) is 11.4. The molecule has 1 aromatic carbocycles. The van der Waals surface area contributed by atoms with Crippen molar-refractivity contribution in [3.63, 3.8) is 0 Å². The van der Waals surface area contributed by atoms with E-state index < -0.39 is 0 Å². The van der Waals surface area contributed by atoms with Crippen molar-refractivity contribution in [2.45, 2.75) is 33.6 Å². The van der Waals surface area contributed by atoms with Crippen LogP contribution in [0.2, 0.25) is 0 Å². The van der Waals surface area contributed by atoms with Crippen LogP contribution in [-0.4, -0.2) is 12.6 Å². The summed E-state index contributed by atoms with van der Waals surface area (Å²) < 4.78 is 5.19. The smallest absolute Gasteiger partial charge is 0.306 e. The molecule has 2 heteroatoms. The number of esters is 1. The summed E-state index contributed by atoms with van der Waals surface area (Å²) in [6, 6.07) is 9.99. The number of hydrogen-bond acceptors (Lipinski definition) is 2. The van der Waals surface area contributed by atoms with Crippen molar-refractivity contribution >= 4 is 5.97 Å². The molecule has 0 aliphatic carbocycles. The van der Waals surface area contributed by atoms with Crippen molar-refractivity contribution in [2.75, 3.05) is 6.61 Å². The first-order chi connectivity index (χ1) is 7.47. The van der Waals surface area contributed by atoms with E-state index in [0.717, 1.165) is 6.42 Å². The number of benzene rings is 1. The molecule has 0 unspecified atom stereocenters. The molecular formula is C14H20O2. The number of ether oxygens (including phenoxy) is 1. The highest BCUT2D eigenvalue weighted by Crippen LogP contribution is 2.13. The minimum absolute atomic E-state index is 0.0441. The van der Waals surface area contributed by atoms with Gasteiger partial charge in [-0.1, -0.05) is 51.1 Å². The summed E-state index contributed by atoms with van der Waals surface area (Å²) in [6.45, 7) is 6.65. The van der Waals surface area contributed by atoms with Crippen molar-refractivity contribution in [2.24, 2.45) is 5.41 Å². The van der Waals surface area contributed by atoms with Gasteiger partial charge in [-0.25, -0.2) is 0 Å². The quantitative estimate of drug-likeness (QED) is 0.728. The molecule has 0 heterocycles. The Kier molecular flexibility index (Phi) is 4.53. The molecule has 88 valence electrons. The lowest BCUT2D eigenvalue weighted by Crippen LogP contribution is -2.18. The van der Waals surface area contributed by atoms with Crippen LogP contribution in [0.25, 0.3) is 0 Å². The molecule has 1 rings (SSSR count). The molecule has 0 aliphatic rings. The highest BCUT2D eigenvalue weighted by atomic mass is 16.5. The Labute approximate surface area is 97.6 Å². The van der Waals surface area contributed by atoms with Gasteiger partial charge in [-0.2, -0.15) is 0 Å². The lowest BCUT2D eigenvalue weighted by atomic mass is 9.99. The summed E-state index contributed by atoms with van der Waals surface area (Å²) in [6.07, 6.45) is 1.21. The Morgan fingerprint density at radius 2 is 1.81 bits per heavy atom. The van der Waals surface area contributed by atoms with Crippen LogP contribution in [0.3, 0.4) is 0 Å². The molecule has 0 saturated carbocycles. The molecule has 1 aromatic rings. The zero-order chi connectivity index (χ0) is 12.0. The maximum atomic E-state index is 11.4. The molecule has 0 fully saturated rings. The zero-order valence-corrected chi connectivity index (χ0v) is 10.3. The SMILES string of the molecule is CC(C)(C)COC(=O)CCc1ccccc1. The Balaban J connectivity index is 2.26. The number of rotatable bonds is 4. The fraction of sp³-hybridized carbons (Fsp3) is 0.500. The van der Waals surface area contributed by atoms with Crippen LogP contribution in [0.4, 0.5) is 0 Å². The lowest BCUT2D eigenvalue weighted by Gasteiger charge is -2.17. The molecule has 0 bridgehead atoms. The molecule has 0 aliphatic heterocycles. The van der Waals surface area contributed by atoms with Crippen LogP contribution in [-0.2, 0) is 16.0 Å². The van der Waals surface area contributed by atoms with E-state index in [1.54, 1.807) is 0 Å². The minimum atomic E-state index is -0.112. The van der Waals surface area contributed by atoms with Gasteiger partial charge in [0.2, 0.25) is 0 Å². The number of carbonyl (C=O) groups excluding carboxylic acids is 1. The first-order valence-electron chi connectivity index (χ1n) is 5.67. The van der Waals surface area contributed by atoms with E-state index >= 15 is 0 Å². The van der Waals surface area contributed by atoms with E-state index in [4.69, 9.17) is 4.74 Å². The van der Waals surface area contributed by atoms with E-state index in [0.29, 0.717) is 13.0 Å². The van der Waals surface area contributed by atoms with Crippen LogP contribution in [0.1, 0.15) is 32.8 Å². The van der Waals surface area contributed by atoms with Crippen LogP contribution in [0.5, 0.6) is 0 Å². The highest BCUT2D eigenvalue weighted by Gasteiger charge is 2.13. The second-order valence-electron chi connectivity index (χ2n) is 5.21. The Bertz CT molecular complexity index is 322. The second-order valence-corrected chi connectivity index (χ2v) is 5.21.